The fourth-order valence-corrected chi connectivity index (χ4v) is 5.15. The van der Waals surface area contributed by atoms with Crippen LogP contribution >= 0.6 is 11.8 Å². The molecule has 4 nitrogen and oxygen atoms in total. The average Bonchev–Trinajstić information content (AvgIpc) is 2.37. The lowest BCUT2D eigenvalue weighted by atomic mass is 10.1. The van der Waals surface area contributed by atoms with Crippen molar-refractivity contribution in [3.8, 4) is 0 Å². The lowest BCUT2D eigenvalue weighted by molar-refractivity contribution is 0.199. The van der Waals surface area contributed by atoms with Crippen LogP contribution in [0.3, 0.4) is 0 Å². The molecule has 0 spiro atoms. The number of anilines is 1. The quantitative estimate of drug-likeness (QED) is 0.920. The lowest BCUT2D eigenvalue weighted by Crippen LogP contribution is -2.47. The molecule has 6 heteroatoms. The third kappa shape index (κ3) is 3.24. The maximum Gasteiger partial charge on any atom is 0.169 e. The maximum absolute atomic E-state index is 11.9. The van der Waals surface area contributed by atoms with Crippen LogP contribution in [0.2, 0.25) is 0 Å². The summed E-state index contributed by atoms with van der Waals surface area (Å²) in [6.07, 6.45) is 0.674. The van der Waals surface area contributed by atoms with Crippen molar-refractivity contribution in [2.75, 3.05) is 29.2 Å². The van der Waals surface area contributed by atoms with Gasteiger partial charge in [0.1, 0.15) is 5.37 Å². The minimum absolute atomic E-state index is 0.508. The lowest BCUT2D eigenvalue weighted by Gasteiger charge is -2.37. The van der Waals surface area contributed by atoms with Gasteiger partial charge in [0, 0.05) is 35.6 Å². The van der Waals surface area contributed by atoms with Crippen molar-refractivity contribution in [2.45, 2.75) is 18.4 Å². The fraction of sp³-hybridized carbons (Fsp3) is 0.538. The second kappa shape index (κ2) is 5.73. The summed E-state index contributed by atoms with van der Waals surface area (Å²) in [5.74, 6) is 1.48. The van der Waals surface area contributed by atoms with Crippen molar-refractivity contribution >= 4 is 27.3 Å². The summed E-state index contributed by atoms with van der Waals surface area (Å²) in [5, 5.41) is 9.33. The Morgan fingerprint density at radius 3 is 2.74 bits per heavy atom. The number of aliphatic hydroxyl groups excluding tert-OH is 1. The molecule has 0 radical (unpaired) electrons. The predicted octanol–water partition coefficient (Wildman–Crippen LogP) is 1.66. The zero-order valence-electron chi connectivity index (χ0n) is 11.1. The first-order valence-corrected chi connectivity index (χ1v) is 9.32. The smallest absolute Gasteiger partial charge is 0.169 e. The Morgan fingerprint density at radius 2 is 2.11 bits per heavy atom. The van der Waals surface area contributed by atoms with Crippen molar-refractivity contribution in [1.82, 2.24) is 0 Å². The minimum atomic E-state index is -3.14. The fourth-order valence-electron chi connectivity index (χ4n) is 2.31. The van der Waals surface area contributed by atoms with Gasteiger partial charge >= 0.3 is 0 Å². The monoisotopic (exact) mass is 301 g/mol. The molecule has 19 heavy (non-hydrogen) atoms. The highest BCUT2D eigenvalue weighted by Crippen LogP contribution is 2.32. The Kier molecular flexibility index (Phi) is 4.43. The molecular formula is C13H19NO3S2. The highest BCUT2D eigenvalue weighted by Gasteiger charge is 2.32. The van der Waals surface area contributed by atoms with E-state index in [1.165, 1.54) is 6.26 Å². The second-order valence-corrected chi connectivity index (χ2v) is 8.14. The van der Waals surface area contributed by atoms with Crippen molar-refractivity contribution in [1.29, 1.82) is 0 Å². The second-order valence-electron chi connectivity index (χ2n) is 4.79. The Hall–Kier alpha value is -0.720. The maximum atomic E-state index is 11.9. The molecule has 0 amide bonds. The van der Waals surface area contributed by atoms with E-state index in [1.807, 2.05) is 29.2 Å². The van der Waals surface area contributed by atoms with Gasteiger partial charge in [-0.2, -0.15) is 11.8 Å². The van der Waals surface area contributed by atoms with E-state index in [2.05, 4.69) is 0 Å². The van der Waals surface area contributed by atoms with Crippen LogP contribution in [0.25, 0.3) is 0 Å². The number of hydrogen-bond acceptors (Lipinski definition) is 5. The Morgan fingerprint density at radius 1 is 1.42 bits per heavy atom. The van der Waals surface area contributed by atoms with Crippen molar-refractivity contribution < 1.29 is 13.5 Å². The molecule has 2 atom stereocenters. The molecule has 1 aromatic carbocycles. The normalized spacial score (nSPS) is 22.3. The van der Waals surface area contributed by atoms with Gasteiger partial charge in [0.15, 0.2) is 9.84 Å². The van der Waals surface area contributed by atoms with Gasteiger partial charge in [-0.15, -0.1) is 0 Å². The molecule has 0 aliphatic carbocycles. The molecule has 1 aliphatic heterocycles. The van der Waals surface area contributed by atoms with Crippen LogP contribution in [0.15, 0.2) is 24.3 Å². The van der Waals surface area contributed by atoms with Gasteiger partial charge < -0.3 is 10.0 Å². The third-order valence-electron chi connectivity index (χ3n) is 3.28. The first kappa shape index (κ1) is 14.7. The van der Waals surface area contributed by atoms with Gasteiger partial charge in [-0.1, -0.05) is 18.2 Å². The first-order valence-electron chi connectivity index (χ1n) is 6.21. The van der Waals surface area contributed by atoms with Crippen LogP contribution in [0.4, 0.5) is 5.69 Å². The number of para-hydroxylation sites is 1. The van der Waals surface area contributed by atoms with Gasteiger partial charge in [0.2, 0.25) is 0 Å². The highest BCUT2D eigenvalue weighted by atomic mass is 32.2. The summed E-state index contributed by atoms with van der Waals surface area (Å²) in [4.78, 5) is 1.91. The molecule has 1 aliphatic rings. The Balaban J connectivity index is 2.44. The molecule has 2 rings (SSSR count). The average molecular weight is 301 g/mol. The summed E-state index contributed by atoms with van der Waals surface area (Å²) in [5.41, 5.74) is 1.61. The summed E-state index contributed by atoms with van der Waals surface area (Å²) >= 11 is 1.66. The van der Waals surface area contributed by atoms with E-state index in [9.17, 15) is 13.5 Å². The number of rotatable bonds is 3. The zero-order valence-corrected chi connectivity index (χ0v) is 12.7. The van der Waals surface area contributed by atoms with Gasteiger partial charge in [-0.25, -0.2) is 8.42 Å². The van der Waals surface area contributed by atoms with E-state index in [0.717, 1.165) is 17.0 Å². The van der Waals surface area contributed by atoms with Crippen LogP contribution in [0, 0.1) is 0 Å². The van der Waals surface area contributed by atoms with Gasteiger partial charge in [-0.05, 0) is 13.0 Å². The van der Waals surface area contributed by atoms with E-state index in [1.54, 1.807) is 18.7 Å². The van der Waals surface area contributed by atoms with Gasteiger partial charge in [0.05, 0.1) is 6.10 Å². The van der Waals surface area contributed by atoms with Crippen molar-refractivity contribution in [3.05, 3.63) is 29.8 Å². The first-order chi connectivity index (χ1) is 8.91. The number of sulfone groups is 1. The van der Waals surface area contributed by atoms with E-state index < -0.39 is 21.3 Å². The molecule has 1 N–H and O–H groups in total. The predicted molar refractivity (Wildman–Crippen MR) is 80.4 cm³/mol. The molecule has 106 valence electrons. The summed E-state index contributed by atoms with van der Waals surface area (Å²) in [6.45, 7) is 2.39. The molecule has 0 aromatic heterocycles. The van der Waals surface area contributed by atoms with Gasteiger partial charge in [0.25, 0.3) is 0 Å². The summed E-state index contributed by atoms with van der Waals surface area (Å²) < 4.78 is 23.9. The third-order valence-corrected chi connectivity index (χ3v) is 5.92. The molecular weight excluding hydrogens is 282 g/mol. The number of benzene rings is 1. The minimum Gasteiger partial charge on any atom is -0.389 e. The topological polar surface area (TPSA) is 57.6 Å². The SMILES string of the molecule is CC(O)c1ccccc1N1CCSCC1S(C)(=O)=O. The van der Waals surface area contributed by atoms with Crippen LogP contribution in [-0.4, -0.2) is 43.2 Å². The summed E-state index contributed by atoms with van der Waals surface area (Å²) in [7, 11) is -3.14. The van der Waals surface area contributed by atoms with E-state index in [0.29, 0.717) is 12.3 Å². The van der Waals surface area contributed by atoms with E-state index >= 15 is 0 Å². The Labute approximate surface area is 118 Å². The van der Waals surface area contributed by atoms with Crippen LogP contribution in [0.1, 0.15) is 18.6 Å². The van der Waals surface area contributed by atoms with Gasteiger partial charge in [-0.3, -0.25) is 0 Å². The Bertz CT molecular complexity index is 543. The standard InChI is InChI=1S/C13H19NO3S2/c1-10(15)11-5-3-4-6-12(11)14-7-8-18-9-13(14)19(2,16)17/h3-6,10,13,15H,7-9H2,1-2H3. The molecule has 1 aromatic rings. The van der Waals surface area contributed by atoms with Crippen LogP contribution < -0.4 is 4.90 Å². The highest BCUT2D eigenvalue weighted by molar-refractivity contribution is 8.01. The number of aliphatic hydroxyl groups is 1. The molecule has 1 fully saturated rings. The largest absolute Gasteiger partial charge is 0.389 e. The molecule has 0 bridgehead atoms. The summed E-state index contributed by atoms with van der Waals surface area (Å²) in [6, 6.07) is 7.47. The van der Waals surface area contributed by atoms with E-state index in [-0.39, 0.29) is 0 Å². The number of hydrogen-bond donors (Lipinski definition) is 1. The van der Waals surface area contributed by atoms with E-state index in [4.69, 9.17) is 0 Å². The number of thioether (sulfide) groups is 1. The molecule has 0 saturated carbocycles. The molecule has 2 unspecified atom stereocenters. The van der Waals surface area contributed by atoms with Crippen LogP contribution in [-0.2, 0) is 9.84 Å². The van der Waals surface area contributed by atoms with Crippen LogP contribution in [0.5, 0.6) is 0 Å². The molecule has 1 saturated heterocycles. The molecule has 1 heterocycles. The van der Waals surface area contributed by atoms with Crippen molar-refractivity contribution in [3.63, 3.8) is 0 Å². The zero-order chi connectivity index (χ0) is 14.0. The number of nitrogens with zero attached hydrogens (tertiary/aromatic N) is 1. The van der Waals surface area contributed by atoms with Crippen molar-refractivity contribution in [2.24, 2.45) is 0 Å².